The highest BCUT2D eigenvalue weighted by atomic mass is 32.1. The van der Waals surface area contributed by atoms with Gasteiger partial charge in [0.15, 0.2) is 5.11 Å². The van der Waals surface area contributed by atoms with E-state index in [0.29, 0.717) is 6.04 Å². The van der Waals surface area contributed by atoms with Crippen molar-refractivity contribution in [3.8, 4) is 0 Å². The lowest BCUT2D eigenvalue weighted by atomic mass is 9.95. The summed E-state index contributed by atoms with van der Waals surface area (Å²) in [6.07, 6.45) is 5.57. The van der Waals surface area contributed by atoms with Crippen molar-refractivity contribution in [2.75, 3.05) is 32.8 Å². The lowest BCUT2D eigenvalue weighted by Gasteiger charge is -2.41. The van der Waals surface area contributed by atoms with Crippen molar-refractivity contribution < 1.29 is 4.74 Å². The van der Waals surface area contributed by atoms with E-state index in [9.17, 15) is 0 Å². The minimum absolute atomic E-state index is 0.115. The molecule has 0 aromatic carbocycles. The molecule has 3 aliphatic rings. The first-order valence-corrected chi connectivity index (χ1v) is 8.82. The fourth-order valence-electron chi connectivity index (χ4n) is 4.22. The molecule has 0 radical (unpaired) electrons. The van der Waals surface area contributed by atoms with Crippen molar-refractivity contribution in [3.63, 3.8) is 0 Å². The first-order valence-electron chi connectivity index (χ1n) is 8.42. The van der Waals surface area contributed by atoms with E-state index in [-0.39, 0.29) is 5.54 Å². The molecule has 3 atom stereocenters. The number of thiocarbonyl (C=S) groups is 1. The van der Waals surface area contributed by atoms with Crippen LogP contribution in [0.25, 0.3) is 0 Å². The molecule has 2 bridgehead atoms. The molecule has 120 valence electrons. The zero-order valence-electron chi connectivity index (χ0n) is 13.4. The van der Waals surface area contributed by atoms with Crippen LogP contribution >= 0.6 is 12.2 Å². The molecule has 2 N–H and O–H groups in total. The molecule has 3 rings (SSSR count). The van der Waals surface area contributed by atoms with Crippen LogP contribution in [0.5, 0.6) is 0 Å². The molecule has 21 heavy (non-hydrogen) atoms. The Balaban J connectivity index is 1.42. The molecule has 1 saturated heterocycles. The molecule has 1 heterocycles. The smallest absolute Gasteiger partial charge is 0.166 e. The summed E-state index contributed by atoms with van der Waals surface area (Å²) in [6, 6.07) is 0.621. The first kappa shape index (κ1) is 15.5. The number of fused-ring (bicyclic) bond motifs is 2. The van der Waals surface area contributed by atoms with Gasteiger partial charge in [-0.3, -0.25) is 4.90 Å². The van der Waals surface area contributed by atoms with Gasteiger partial charge in [-0.15, -0.1) is 0 Å². The van der Waals surface area contributed by atoms with Crippen molar-refractivity contribution in [2.24, 2.45) is 11.8 Å². The summed E-state index contributed by atoms with van der Waals surface area (Å²) >= 11 is 5.51. The Labute approximate surface area is 134 Å². The molecule has 3 fully saturated rings. The van der Waals surface area contributed by atoms with Crippen LogP contribution in [0.1, 0.15) is 39.5 Å². The van der Waals surface area contributed by atoms with Crippen LogP contribution in [0.3, 0.4) is 0 Å². The largest absolute Gasteiger partial charge is 0.379 e. The Kier molecular flexibility index (Phi) is 4.71. The van der Waals surface area contributed by atoms with Crippen LogP contribution in [0, 0.1) is 11.8 Å². The van der Waals surface area contributed by atoms with Crippen LogP contribution in [0.2, 0.25) is 0 Å². The predicted molar refractivity (Wildman–Crippen MR) is 89.4 cm³/mol. The number of ether oxygens (including phenoxy) is 1. The average Bonchev–Trinajstić information content (AvgIpc) is 3.09. The quantitative estimate of drug-likeness (QED) is 0.774. The Morgan fingerprint density at radius 1 is 1.24 bits per heavy atom. The summed E-state index contributed by atoms with van der Waals surface area (Å²) in [7, 11) is 0. The monoisotopic (exact) mass is 311 g/mol. The van der Waals surface area contributed by atoms with Gasteiger partial charge in [0.2, 0.25) is 0 Å². The van der Waals surface area contributed by atoms with Gasteiger partial charge >= 0.3 is 0 Å². The van der Waals surface area contributed by atoms with Crippen LogP contribution in [0.15, 0.2) is 0 Å². The van der Waals surface area contributed by atoms with Crippen LogP contribution in [-0.2, 0) is 4.74 Å². The summed E-state index contributed by atoms with van der Waals surface area (Å²) in [5.41, 5.74) is 0.115. The fraction of sp³-hybridized carbons (Fsp3) is 0.938. The standard InChI is InChI=1S/C16H29N3OS/c1-16(2,19-5-7-20-8-6-19)11-17-15(21)18-14-10-12-3-4-13(14)9-12/h12-14H,3-11H2,1-2H3,(H2,17,18,21)/t12-,13-,14-/m0/s1. The van der Waals surface area contributed by atoms with Gasteiger partial charge in [0.1, 0.15) is 0 Å². The lowest BCUT2D eigenvalue weighted by Crippen LogP contribution is -2.57. The number of morpholine rings is 1. The maximum Gasteiger partial charge on any atom is 0.166 e. The third-order valence-corrected chi connectivity index (χ3v) is 5.87. The van der Waals surface area contributed by atoms with E-state index < -0.39 is 0 Å². The minimum Gasteiger partial charge on any atom is -0.379 e. The van der Waals surface area contributed by atoms with Crippen molar-refractivity contribution in [1.29, 1.82) is 0 Å². The second-order valence-electron chi connectivity index (χ2n) is 7.52. The van der Waals surface area contributed by atoms with Gasteiger partial charge in [-0.25, -0.2) is 0 Å². The molecule has 5 heteroatoms. The third kappa shape index (κ3) is 3.69. The van der Waals surface area contributed by atoms with Crippen LogP contribution in [0.4, 0.5) is 0 Å². The minimum atomic E-state index is 0.115. The van der Waals surface area contributed by atoms with Crippen molar-refractivity contribution in [2.45, 2.75) is 51.1 Å². The van der Waals surface area contributed by atoms with Gasteiger partial charge in [-0.2, -0.15) is 0 Å². The summed E-state index contributed by atoms with van der Waals surface area (Å²) < 4.78 is 5.44. The highest BCUT2D eigenvalue weighted by Crippen LogP contribution is 2.44. The van der Waals surface area contributed by atoms with Gasteiger partial charge < -0.3 is 15.4 Å². The third-order valence-electron chi connectivity index (χ3n) is 5.60. The van der Waals surface area contributed by atoms with Crippen molar-refractivity contribution in [1.82, 2.24) is 15.5 Å². The molecule has 2 saturated carbocycles. The summed E-state index contributed by atoms with van der Waals surface area (Å²) in [4.78, 5) is 2.49. The van der Waals surface area contributed by atoms with Gasteiger partial charge in [-0.1, -0.05) is 6.42 Å². The molecule has 0 unspecified atom stereocenters. The molecular weight excluding hydrogens is 282 g/mol. The molecule has 0 aromatic rings. The second kappa shape index (κ2) is 6.39. The predicted octanol–water partition coefficient (Wildman–Crippen LogP) is 1.75. The molecule has 0 amide bonds. The summed E-state index contributed by atoms with van der Waals surface area (Å²) in [5.74, 6) is 1.82. The Morgan fingerprint density at radius 3 is 2.62 bits per heavy atom. The Morgan fingerprint density at radius 2 is 2.00 bits per heavy atom. The van der Waals surface area contributed by atoms with Crippen LogP contribution in [-0.4, -0.2) is 54.4 Å². The van der Waals surface area contributed by atoms with Crippen molar-refractivity contribution >= 4 is 17.3 Å². The van der Waals surface area contributed by atoms with E-state index in [1.54, 1.807) is 0 Å². The molecule has 0 spiro atoms. The van der Waals surface area contributed by atoms with Gasteiger partial charge in [0, 0.05) is 31.2 Å². The van der Waals surface area contributed by atoms with E-state index in [0.717, 1.165) is 49.8 Å². The highest BCUT2D eigenvalue weighted by molar-refractivity contribution is 7.80. The number of hydrogen-bond donors (Lipinski definition) is 2. The molecular formula is C16H29N3OS. The van der Waals surface area contributed by atoms with E-state index in [2.05, 4.69) is 29.4 Å². The molecule has 0 aromatic heterocycles. The number of rotatable bonds is 4. The summed E-state index contributed by atoms with van der Waals surface area (Å²) in [6.45, 7) is 9.17. The SMILES string of the molecule is CC(C)(CNC(=S)N[C@H]1C[C@H]2CC[C@H]1C2)N1CCOCC1. The van der Waals surface area contributed by atoms with Crippen molar-refractivity contribution in [3.05, 3.63) is 0 Å². The number of nitrogens with zero attached hydrogens (tertiary/aromatic N) is 1. The number of hydrogen-bond acceptors (Lipinski definition) is 3. The Bertz CT molecular complexity index is 382. The average molecular weight is 311 g/mol. The molecule has 2 aliphatic carbocycles. The number of nitrogens with one attached hydrogen (secondary N) is 2. The fourth-order valence-corrected chi connectivity index (χ4v) is 4.44. The van der Waals surface area contributed by atoms with Crippen LogP contribution < -0.4 is 10.6 Å². The first-order chi connectivity index (χ1) is 10.0. The normalized spacial score (nSPS) is 33.1. The molecule has 1 aliphatic heterocycles. The van der Waals surface area contributed by atoms with E-state index >= 15 is 0 Å². The summed E-state index contributed by atoms with van der Waals surface area (Å²) in [5, 5.41) is 7.85. The van der Waals surface area contributed by atoms with Gasteiger partial charge in [-0.05, 0) is 57.2 Å². The van der Waals surface area contributed by atoms with Gasteiger partial charge in [0.25, 0.3) is 0 Å². The van der Waals surface area contributed by atoms with E-state index in [1.807, 2.05) is 0 Å². The Hall–Kier alpha value is -0.390. The second-order valence-corrected chi connectivity index (χ2v) is 7.93. The maximum atomic E-state index is 5.51. The zero-order valence-corrected chi connectivity index (χ0v) is 14.2. The lowest BCUT2D eigenvalue weighted by molar-refractivity contribution is -0.00830. The highest BCUT2D eigenvalue weighted by Gasteiger charge is 2.39. The van der Waals surface area contributed by atoms with E-state index in [1.165, 1.54) is 25.7 Å². The van der Waals surface area contributed by atoms with E-state index in [4.69, 9.17) is 17.0 Å². The van der Waals surface area contributed by atoms with Gasteiger partial charge in [0.05, 0.1) is 13.2 Å². The topological polar surface area (TPSA) is 36.5 Å². The molecule has 4 nitrogen and oxygen atoms in total. The zero-order chi connectivity index (χ0) is 14.9. The maximum absolute atomic E-state index is 5.51.